The van der Waals surface area contributed by atoms with E-state index in [1.807, 2.05) is 0 Å². The molecule has 0 saturated carbocycles. The van der Waals surface area contributed by atoms with Gasteiger partial charge in [-0.3, -0.25) is 4.79 Å². The van der Waals surface area contributed by atoms with E-state index in [1.165, 1.54) is 0 Å². The Balaban J connectivity index is 2.32. The number of hydrogen-bond donors (Lipinski definition) is 3. The minimum atomic E-state index is -0.706. The molecule has 0 radical (unpaired) electrons. The van der Waals surface area contributed by atoms with Gasteiger partial charge < -0.3 is 15.7 Å². The number of aliphatic hydroxyl groups is 1. The third kappa shape index (κ3) is 4.58. The van der Waals surface area contributed by atoms with Gasteiger partial charge >= 0.3 is 0 Å². The van der Waals surface area contributed by atoms with Crippen molar-refractivity contribution in [3.63, 3.8) is 0 Å². The zero-order valence-corrected chi connectivity index (χ0v) is 8.97. The van der Waals surface area contributed by atoms with Crippen molar-refractivity contribution < 1.29 is 9.90 Å². The standard InChI is InChI=1S/C10H20N2O2/c1-10(2,14)7-12-8-4-3-5-11-9(13)6-8/h8,12,14H,3-7H2,1-2H3,(H,11,13). The zero-order valence-electron chi connectivity index (χ0n) is 8.97. The molecule has 0 aliphatic carbocycles. The largest absolute Gasteiger partial charge is 0.389 e. The minimum absolute atomic E-state index is 0.107. The smallest absolute Gasteiger partial charge is 0.221 e. The molecule has 0 aromatic heterocycles. The van der Waals surface area contributed by atoms with Crippen LogP contribution in [0.5, 0.6) is 0 Å². The van der Waals surface area contributed by atoms with Crippen LogP contribution >= 0.6 is 0 Å². The lowest BCUT2D eigenvalue weighted by molar-refractivity contribution is -0.121. The summed E-state index contributed by atoms with van der Waals surface area (Å²) in [5, 5.41) is 15.6. The molecule has 1 aliphatic rings. The molecule has 4 nitrogen and oxygen atoms in total. The second-order valence-corrected chi connectivity index (χ2v) is 4.59. The number of nitrogens with one attached hydrogen (secondary N) is 2. The Bertz CT molecular complexity index is 199. The normalized spacial score (nSPS) is 24.2. The van der Waals surface area contributed by atoms with Crippen molar-refractivity contribution in [2.75, 3.05) is 13.1 Å². The van der Waals surface area contributed by atoms with Crippen LogP contribution in [0.25, 0.3) is 0 Å². The van der Waals surface area contributed by atoms with Crippen molar-refractivity contribution in [3.05, 3.63) is 0 Å². The average molecular weight is 200 g/mol. The quantitative estimate of drug-likeness (QED) is 0.601. The van der Waals surface area contributed by atoms with Crippen LogP contribution in [0.1, 0.15) is 33.1 Å². The van der Waals surface area contributed by atoms with Gasteiger partial charge in [-0.1, -0.05) is 0 Å². The summed E-state index contributed by atoms with van der Waals surface area (Å²) in [4.78, 5) is 11.2. The summed E-state index contributed by atoms with van der Waals surface area (Å²) < 4.78 is 0. The first kappa shape index (κ1) is 11.5. The van der Waals surface area contributed by atoms with Gasteiger partial charge in [0.1, 0.15) is 0 Å². The molecule has 82 valence electrons. The molecule has 14 heavy (non-hydrogen) atoms. The first-order valence-electron chi connectivity index (χ1n) is 5.20. The van der Waals surface area contributed by atoms with E-state index in [-0.39, 0.29) is 11.9 Å². The molecule has 1 saturated heterocycles. The number of amides is 1. The highest BCUT2D eigenvalue weighted by Gasteiger charge is 2.19. The van der Waals surface area contributed by atoms with Crippen LogP contribution in [0.4, 0.5) is 0 Å². The van der Waals surface area contributed by atoms with Gasteiger partial charge in [-0.2, -0.15) is 0 Å². The summed E-state index contributed by atoms with van der Waals surface area (Å²) in [6, 6.07) is 0.212. The van der Waals surface area contributed by atoms with Crippen LogP contribution in [-0.4, -0.2) is 35.7 Å². The highest BCUT2D eigenvalue weighted by molar-refractivity contribution is 5.76. The maximum atomic E-state index is 11.2. The van der Waals surface area contributed by atoms with E-state index < -0.39 is 5.60 Å². The fourth-order valence-corrected chi connectivity index (χ4v) is 1.54. The Kier molecular flexibility index (Phi) is 3.89. The lowest BCUT2D eigenvalue weighted by Crippen LogP contribution is -2.41. The van der Waals surface area contributed by atoms with Gasteiger partial charge in [-0.05, 0) is 26.7 Å². The lowest BCUT2D eigenvalue weighted by Gasteiger charge is -2.22. The fraction of sp³-hybridized carbons (Fsp3) is 0.900. The average Bonchev–Trinajstić information content (AvgIpc) is 2.25. The highest BCUT2D eigenvalue weighted by atomic mass is 16.3. The first-order chi connectivity index (χ1) is 6.47. The molecule has 1 heterocycles. The van der Waals surface area contributed by atoms with Gasteiger partial charge in [-0.15, -0.1) is 0 Å². The fourth-order valence-electron chi connectivity index (χ4n) is 1.54. The van der Waals surface area contributed by atoms with Crippen LogP contribution in [0.15, 0.2) is 0 Å². The van der Waals surface area contributed by atoms with Crippen molar-refractivity contribution in [1.29, 1.82) is 0 Å². The minimum Gasteiger partial charge on any atom is -0.389 e. The molecule has 1 rings (SSSR count). The second kappa shape index (κ2) is 4.75. The number of rotatable bonds is 3. The Labute approximate surface area is 85.1 Å². The lowest BCUT2D eigenvalue weighted by atomic mass is 10.1. The molecule has 0 spiro atoms. The van der Waals surface area contributed by atoms with Crippen molar-refractivity contribution >= 4 is 5.91 Å². The van der Waals surface area contributed by atoms with E-state index in [0.717, 1.165) is 19.4 Å². The van der Waals surface area contributed by atoms with E-state index >= 15 is 0 Å². The SMILES string of the molecule is CC(C)(O)CNC1CCCNC(=O)C1. The summed E-state index contributed by atoms with van der Waals surface area (Å²) in [5.74, 6) is 0.107. The van der Waals surface area contributed by atoms with Gasteiger partial charge in [0, 0.05) is 25.6 Å². The molecule has 1 unspecified atom stereocenters. The molecule has 3 N–H and O–H groups in total. The van der Waals surface area contributed by atoms with Gasteiger partial charge in [0.15, 0.2) is 0 Å². The van der Waals surface area contributed by atoms with E-state index in [1.54, 1.807) is 13.8 Å². The van der Waals surface area contributed by atoms with Crippen LogP contribution in [0, 0.1) is 0 Å². The monoisotopic (exact) mass is 200 g/mol. The van der Waals surface area contributed by atoms with Gasteiger partial charge in [0.05, 0.1) is 5.60 Å². The molecule has 1 atom stereocenters. The maximum absolute atomic E-state index is 11.2. The van der Waals surface area contributed by atoms with Crippen molar-refractivity contribution in [2.45, 2.75) is 44.8 Å². The van der Waals surface area contributed by atoms with Gasteiger partial charge in [0.2, 0.25) is 5.91 Å². The molecule has 4 heteroatoms. The molecule has 1 amide bonds. The van der Waals surface area contributed by atoms with Gasteiger partial charge in [-0.25, -0.2) is 0 Å². The Hall–Kier alpha value is -0.610. The third-order valence-corrected chi connectivity index (χ3v) is 2.31. The number of carbonyl (C=O) groups excluding carboxylic acids is 1. The third-order valence-electron chi connectivity index (χ3n) is 2.31. The summed E-state index contributed by atoms with van der Waals surface area (Å²) in [6.45, 7) is 4.83. The van der Waals surface area contributed by atoms with E-state index in [4.69, 9.17) is 0 Å². The first-order valence-corrected chi connectivity index (χ1v) is 5.20. The molecular weight excluding hydrogens is 180 g/mol. The summed E-state index contributed by atoms with van der Waals surface area (Å²) in [5.41, 5.74) is -0.706. The Morgan fingerprint density at radius 1 is 1.64 bits per heavy atom. The molecule has 0 aromatic rings. The summed E-state index contributed by atoms with van der Waals surface area (Å²) in [7, 11) is 0. The Morgan fingerprint density at radius 2 is 2.36 bits per heavy atom. The summed E-state index contributed by atoms with van der Waals surface area (Å²) in [6.07, 6.45) is 2.53. The molecule has 0 aromatic carbocycles. The maximum Gasteiger partial charge on any atom is 0.221 e. The predicted octanol–water partition coefficient (Wildman–Crippen LogP) is 0.0156. The molecule has 1 aliphatic heterocycles. The topological polar surface area (TPSA) is 61.4 Å². The highest BCUT2D eigenvalue weighted by Crippen LogP contribution is 2.07. The van der Waals surface area contributed by atoms with Crippen molar-refractivity contribution in [3.8, 4) is 0 Å². The van der Waals surface area contributed by atoms with Gasteiger partial charge in [0.25, 0.3) is 0 Å². The van der Waals surface area contributed by atoms with Crippen LogP contribution in [0.3, 0.4) is 0 Å². The second-order valence-electron chi connectivity index (χ2n) is 4.59. The van der Waals surface area contributed by atoms with E-state index in [0.29, 0.717) is 13.0 Å². The Morgan fingerprint density at radius 3 is 3.00 bits per heavy atom. The van der Waals surface area contributed by atoms with Crippen LogP contribution in [0.2, 0.25) is 0 Å². The zero-order chi connectivity index (χ0) is 10.6. The summed E-state index contributed by atoms with van der Waals surface area (Å²) >= 11 is 0. The molecular formula is C10H20N2O2. The van der Waals surface area contributed by atoms with Crippen LogP contribution < -0.4 is 10.6 Å². The van der Waals surface area contributed by atoms with Crippen molar-refractivity contribution in [1.82, 2.24) is 10.6 Å². The number of hydrogen-bond acceptors (Lipinski definition) is 3. The van der Waals surface area contributed by atoms with Crippen LogP contribution in [-0.2, 0) is 4.79 Å². The number of carbonyl (C=O) groups is 1. The predicted molar refractivity (Wildman–Crippen MR) is 54.9 cm³/mol. The van der Waals surface area contributed by atoms with E-state index in [2.05, 4.69) is 10.6 Å². The van der Waals surface area contributed by atoms with E-state index in [9.17, 15) is 9.90 Å². The molecule has 0 bridgehead atoms. The molecule has 1 fully saturated rings. The van der Waals surface area contributed by atoms with Crippen molar-refractivity contribution in [2.24, 2.45) is 0 Å².